The van der Waals surface area contributed by atoms with Crippen molar-refractivity contribution in [3.8, 4) is 0 Å². The first-order valence-corrected chi connectivity index (χ1v) is 7.61. The molecule has 0 atom stereocenters. The second-order valence-corrected chi connectivity index (χ2v) is 5.81. The highest BCUT2D eigenvalue weighted by atomic mass is 35.5. The predicted octanol–water partition coefficient (Wildman–Crippen LogP) is 4.79. The highest BCUT2D eigenvalue weighted by molar-refractivity contribution is 8.00. The number of benzene rings is 2. The molecule has 2 aromatic carbocycles. The molecule has 20 heavy (non-hydrogen) atoms. The van der Waals surface area contributed by atoms with Crippen molar-refractivity contribution in [1.29, 1.82) is 0 Å². The van der Waals surface area contributed by atoms with Gasteiger partial charge in [-0.2, -0.15) is 0 Å². The van der Waals surface area contributed by atoms with E-state index in [9.17, 15) is 0 Å². The molecule has 0 aliphatic heterocycles. The Balaban J connectivity index is 2.08. The van der Waals surface area contributed by atoms with E-state index in [2.05, 4.69) is 36.3 Å². The van der Waals surface area contributed by atoms with Gasteiger partial charge in [-0.25, -0.2) is 0 Å². The number of thioether (sulfide) groups is 1. The van der Waals surface area contributed by atoms with Crippen molar-refractivity contribution >= 4 is 29.1 Å². The van der Waals surface area contributed by atoms with Crippen LogP contribution in [-0.2, 0) is 4.84 Å². The molecule has 0 heterocycles. The number of oxime groups is 1. The van der Waals surface area contributed by atoms with Gasteiger partial charge in [0, 0.05) is 21.2 Å². The van der Waals surface area contributed by atoms with Crippen LogP contribution in [0.5, 0.6) is 0 Å². The highest BCUT2D eigenvalue weighted by Crippen LogP contribution is 2.21. The Bertz CT molecular complexity index is 578. The fourth-order valence-corrected chi connectivity index (χ4v) is 2.68. The van der Waals surface area contributed by atoms with Crippen molar-refractivity contribution in [3.05, 3.63) is 64.7 Å². The van der Waals surface area contributed by atoms with Gasteiger partial charge in [0.15, 0.2) is 0 Å². The molecule has 4 heteroatoms. The summed E-state index contributed by atoms with van der Waals surface area (Å²) in [6.45, 7) is 2.08. The van der Waals surface area contributed by atoms with Gasteiger partial charge in [0.1, 0.15) is 7.11 Å². The van der Waals surface area contributed by atoms with Gasteiger partial charge in [0.2, 0.25) is 0 Å². The number of nitrogens with zero attached hydrogens (tertiary/aromatic N) is 1. The molecule has 0 spiro atoms. The molecule has 0 radical (unpaired) electrons. The Morgan fingerprint density at radius 2 is 1.75 bits per heavy atom. The maximum atomic E-state index is 5.90. The summed E-state index contributed by atoms with van der Waals surface area (Å²) in [7, 11) is 1.56. The Morgan fingerprint density at radius 1 is 1.10 bits per heavy atom. The lowest BCUT2D eigenvalue weighted by molar-refractivity contribution is 0.213. The van der Waals surface area contributed by atoms with E-state index in [0.717, 1.165) is 22.1 Å². The first-order chi connectivity index (χ1) is 9.69. The summed E-state index contributed by atoms with van der Waals surface area (Å²) in [5.74, 6) is 0.749. The summed E-state index contributed by atoms with van der Waals surface area (Å²) in [5, 5.41) is 4.83. The van der Waals surface area contributed by atoms with Crippen LogP contribution in [0.3, 0.4) is 0 Å². The van der Waals surface area contributed by atoms with E-state index < -0.39 is 0 Å². The molecule has 0 aliphatic rings. The predicted molar refractivity (Wildman–Crippen MR) is 86.9 cm³/mol. The van der Waals surface area contributed by atoms with Crippen molar-refractivity contribution in [1.82, 2.24) is 0 Å². The number of hydrogen-bond acceptors (Lipinski definition) is 3. The number of halogens is 1. The summed E-state index contributed by atoms with van der Waals surface area (Å²) in [6, 6.07) is 16.1. The number of aryl methyl sites for hydroxylation is 1. The zero-order valence-corrected chi connectivity index (χ0v) is 13.0. The molecule has 0 aromatic heterocycles. The summed E-state index contributed by atoms with van der Waals surface area (Å²) < 4.78 is 0. The SMILES string of the molecule is CO/N=C(/CSc1ccc(C)cc1)c1ccc(Cl)cc1. The van der Waals surface area contributed by atoms with Crippen molar-refractivity contribution in [3.63, 3.8) is 0 Å². The van der Waals surface area contributed by atoms with Gasteiger partial charge < -0.3 is 4.84 Å². The van der Waals surface area contributed by atoms with Crippen LogP contribution in [0.4, 0.5) is 0 Å². The van der Waals surface area contributed by atoms with Crippen molar-refractivity contribution in [2.24, 2.45) is 5.16 Å². The van der Waals surface area contributed by atoms with E-state index in [-0.39, 0.29) is 0 Å². The molecular weight excluding hydrogens is 290 g/mol. The Hall–Kier alpha value is -1.45. The molecule has 0 fully saturated rings. The van der Waals surface area contributed by atoms with Gasteiger partial charge in [-0.3, -0.25) is 0 Å². The summed E-state index contributed by atoms with van der Waals surface area (Å²) >= 11 is 7.64. The molecule has 0 amide bonds. The Labute approximate surface area is 128 Å². The molecule has 0 bridgehead atoms. The molecule has 104 valence electrons. The van der Waals surface area contributed by atoms with E-state index in [1.807, 2.05) is 24.3 Å². The molecule has 0 saturated heterocycles. The van der Waals surface area contributed by atoms with E-state index in [4.69, 9.17) is 16.4 Å². The quantitative estimate of drug-likeness (QED) is 0.450. The van der Waals surface area contributed by atoms with Crippen molar-refractivity contribution < 1.29 is 4.84 Å². The van der Waals surface area contributed by atoms with Crippen LogP contribution in [-0.4, -0.2) is 18.6 Å². The molecule has 0 aliphatic carbocycles. The summed E-state index contributed by atoms with van der Waals surface area (Å²) in [4.78, 5) is 6.15. The van der Waals surface area contributed by atoms with Gasteiger partial charge in [-0.1, -0.05) is 46.6 Å². The maximum absolute atomic E-state index is 5.90. The van der Waals surface area contributed by atoms with Gasteiger partial charge in [-0.15, -0.1) is 11.8 Å². The third kappa shape index (κ3) is 4.29. The lowest BCUT2D eigenvalue weighted by Crippen LogP contribution is -2.05. The molecule has 2 rings (SSSR count). The molecule has 0 saturated carbocycles. The van der Waals surface area contributed by atoms with Gasteiger partial charge in [-0.05, 0) is 31.2 Å². The minimum atomic E-state index is 0.719. The molecule has 2 aromatic rings. The normalized spacial score (nSPS) is 11.4. The fraction of sp³-hybridized carbons (Fsp3) is 0.188. The van der Waals surface area contributed by atoms with E-state index in [1.54, 1.807) is 18.9 Å². The monoisotopic (exact) mass is 305 g/mol. The fourth-order valence-electron chi connectivity index (χ4n) is 1.70. The minimum Gasteiger partial charge on any atom is -0.399 e. The Kier molecular flexibility index (Phi) is 5.50. The number of rotatable bonds is 5. The Morgan fingerprint density at radius 3 is 2.35 bits per heavy atom. The van der Waals surface area contributed by atoms with Crippen LogP contribution in [0.25, 0.3) is 0 Å². The molecule has 0 N–H and O–H groups in total. The zero-order chi connectivity index (χ0) is 14.4. The summed E-state index contributed by atoms with van der Waals surface area (Å²) in [5.41, 5.74) is 3.18. The highest BCUT2D eigenvalue weighted by Gasteiger charge is 2.06. The van der Waals surface area contributed by atoms with Crippen molar-refractivity contribution in [2.45, 2.75) is 11.8 Å². The van der Waals surface area contributed by atoms with Crippen LogP contribution in [0.15, 0.2) is 58.6 Å². The van der Waals surface area contributed by atoms with Crippen LogP contribution in [0.2, 0.25) is 5.02 Å². The smallest absolute Gasteiger partial charge is 0.106 e. The van der Waals surface area contributed by atoms with E-state index in [1.165, 1.54) is 10.5 Å². The molecule has 2 nitrogen and oxygen atoms in total. The molecule has 0 unspecified atom stereocenters. The average Bonchev–Trinajstić information content (AvgIpc) is 2.46. The third-order valence-electron chi connectivity index (χ3n) is 2.78. The first kappa shape index (κ1) is 14.9. The standard InChI is InChI=1S/C16H16ClNOS/c1-12-3-9-15(10-4-12)20-11-16(18-19-2)13-5-7-14(17)8-6-13/h3-10H,11H2,1-2H3/b18-16-. The number of hydrogen-bond donors (Lipinski definition) is 0. The van der Waals surface area contributed by atoms with Crippen LogP contribution in [0.1, 0.15) is 11.1 Å². The topological polar surface area (TPSA) is 21.6 Å². The van der Waals surface area contributed by atoms with E-state index >= 15 is 0 Å². The maximum Gasteiger partial charge on any atom is 0.106 e. The minimum absolute atomic E-state index is 0.719. The second kappa shape index (κ2) is 7.36. The van der Waals surface area contributed by atoms with E-state index in [0.29, 0.717) is 0 Å². The lowest BCUT2D eigenvalue weighted by Gasteiger charge is -2.06. The summed E-state index contributed by atoms with van der Waals surface area (Å²) in [6.07, 6.45) is 0. The van der Waals surface area contributed by atoms with Crippen LogP contribution < -0.4 is 0 Å². The lowest BCUT2D eigenvalue weighted by atomic mass is 10.1. The second-order valence-electron chi connectivity index (χ2n) is 4.33. The van der Waals surface area contributed by atoms with Gasteiger partial charge >= 0.3 is 0 Å². The first-order valence-electron chi connectivity index (χ1n) is 6.24. The largest absolute Gasteiger partial charge is 0.399 e. The van der Waals surface area contributed by atoms with Crippen LogP contribution in [0, 0.1) is 6.92 Å². The zero-order valence-electron chi connectivity index (χ0n) is 11.5. The van der Waals surface area contributed by atoms with Gasteiger partial charge in [0.25, 0.3) is 0 Å². The van der Waals surface area contributed by atoms with Crippen molar-refractivity contribution in [2.75, 3.05) is 12.9 Å². The third-order valence-corrected chi connectivity index (χ3v) is 4.05. The van der Waals surface area contributed by atoms with Gasteiger partial charge in [0.05, 0.1) is 5.71 Å². The molecular formula is C16H16ClNOS. The van der Waals surface area contributed by atoms with Crippen LogP contribution >= 0.6 is 23.4 Å². The average molecular weight is 306 g/mol.